The van der Waals surface area contributed by atoms with Gasteiger partial charge in [-0.1, -0.05) is 58.6 Å². The number of rotatable bonds is 32. The minimum Gasteiger partial charge on any atom is -0.496 e. The van der Waals surface area contributed by atoms with Crippen molar-refractivity contribution in [3.8, 4) is 0 Å². The lowest BCUT2D eigenvalue weighted by molar-refractivity contribution is -0.130. The van der Waals surface area contributed by atoms with E-state index < -0.39 is 0 Å². The van der Waals surface area contributed by atoms with Gasteiger partial charge in [-0.05, 0) is 64.4 Å². The summed E-state index contributed by atoms with van der Waals surface area (Å²) in [5, 5.41) is 0. The van der Waals surface area contributed by atoms with Crippen molar-refractivity contribution >= 4 is 0 Å². The molecule has 0 aromatic carbocycles. The molecule has 0 amide bonds. The van der Waals surface area contributed by atoms with Crippen LogP contribution in [0.4, 0.5) is 0 Å². The first-order chi connectivity index (χ1) is 23.8. The minimum absolute atomic E-state index is 0.0530. The van der Waals surface area contributed by atoms with Gasteiger partial charge in [-0.15, -0.1) is 0 Å². The summed E-state index contributed by atoms with van der Waals surface area (Å²) in [5.74, 6) is 0.891. The Bertz CT molecular complexity index is 907. The van der Waals surface area contributed by atoms with E-state index in [9.17, 15) is 0 Å². The second-order valence-corrected chi connectivity index (χ2v) is 14.6. The molecule has 0 bridgehead atoms. The molecule has 5 atom stereocenters. The highest BCUT2D eigenvalue weighted by Gasteiger charge is 2.34. The highest BCUT2D eigenvalue weighted by atomic mass is 16.6. The van der Waals surface area contributed by atoms with E-state index in [4.69, 9.17) is 49.4 Å². The molecule has 286 valence electrons. The summed E-state index contributed by atoms with van der Waals surface area (Å²) < 4.78 is 47.0. The Hall–Kier alpha value is -1.08. The molecular formula is C39H72N2O8. The fourth-order valence-corrected chi connectivity index (χ4v) is 6.28. The van der Waals surface area contributed by atoms with Crippen LogP contribution in [0.25, 0.3) is 0 Å². The van der Waals surface area contributed by atoms with Crippen molar-refractivity contribution in [2.24, 2.45) is 11.5 Å². The summed E-state index contributed by atoms with van der Waals surface area (Å²) in [6.07, 6.45) is 20.9. The summed E-state index contributed by atoms with van der Waals surface area (Å²) in [4.78, 5) is 0. The summed E-state index contributed by atoms with van der Waals surface area (Å²) in [6, 6.07) is -0.271. The number of hydrogen-bond donors (Lipinski definition) is 2. The van der Waals surface area contributed by atoms with Crippen molar-refractivity contribution in [3.05, 3.63) is 24.0 Å². The predicted molar refractivity (Wildman–Crippen MR) is 195 cm³/mol. The average molecular weight is 697 g/mol. The van der Waals surface area contributed by atoms with E-state index in [0.29, 0.717) is 38.4 Å². The molecule has 1 aliphatic carbocycles. The number of epoxide rings is 1. The van der Waals surface area contributed by atoms with E-state index in [0.717, 1.165) is 135 Å². The van der Waals surface area contributed by atoms with E-state index in [1.54, 1.807) is 0 Å². The lowest BCUT2D eigenvalue weighted by Gasteiger charge is -2.34. The summed E-state index contributed by atoms with van der Waals surface area (Å²) >= 11 is 0. The fraction of sp³-hybridized carbons (Fsp3) is 0.897. The van der Waals surface area contributed by atoms with Crippen LogP contribution in [-0.4, -0.2) is 108 Å². The highest BCUT2D eigenvalue weighted by Crippen LogP contribution is 2.29. The van der Waals surface area contributed by atoms with Crippen LogP contribution in [-0.2, 0) is 37.9 Å². The molecule has 0 aromatic heterocycles. The quantitative estimate of drug-likeness (QED) is 0.0604. The Labute approximate surface area is 298 Å². The SMILES string of the molecule is CCC(C)(CC1CO1)OCCCCCCOCC(N)COC1C=CC=C(OCC(N)CC(CC)(CC)OCCCCCCOC2COC2)C1. The van der Waals surface area contributed by atoms with Gasteiger partial charge in [0.1, 0.15) is 12.7 Å². The van der Waals surface area contributed by atoms with Crippen molar-refractivity contribution < 1.29 is 37.9 Å². The molecule has 3 aliphatic rings. The van der Waals surface area contributed by atoms with Gasteiger partial charge in [-0.2, -0.15) is 0 Å². The first-order valence-electron chi connectivity index (χ1n) is 19.6. The van der Waals surface area contributed by atoms with E-state index >= 15 is 0 Å². The van der Waals surface area contributed by atoms with Crippen molar-refractivity contribution in [1.29, 1.82) is 0 Å². The average Bonchev–Trinajstić information content (AvgIpc) is 3.91. The van der Waals surface area contributed by atoms with Crippen LogP contribution in [0.1, 0.15) is 118 Å². The van der Waals surface area contributed by atoms with Gasteiger partial charge in [0.05, 0.1) is 68.2 Å². The van der Waals surface area contributed by atoms with Crippen molar-refractivity contribution in [1.82, 2.24) is 0 Å². The molecule has 0 spiro atoms. The lowest BCUT2D eigenvalue weighted by Crippen LogP contribution is -2.41. The van der Waals surface area contributed by atoms with Crippen LogP contribution >= 0.6 is 0 Å². The standard InChI is InChI=1S/C39H72N2O8/c1-5-38(4,25-36-31-47-36)48-21-14-10-8-12-19-42-26-33(41)28-46-35-18-16-17-34(23-35)45-27-32(40)24-39(6-2,7-3)49-22-15-11-9-13-20-44-37-29-43-30-37/h16-18,32-33,35-37H,5-15,19-31,40-41H2,1-4H3. The summed E-state index contributed by atoms with van der Waals surface area (Å²) in [6.45, 7) is 15.7. The Morgan fingerprint density at radius 2 is 1.45 bits per heavy atom. The van der Waals surface area contributed by atoms with Gasteiger partial charge >= 0.3 is 0 Å². The van der Waals surface area contributed by atoms with Crippen LogP contribution in [0, 0.1) is 0 Å². The van der Waals surface area contributed by atoms with Gasteiger partial charge in [0.2, 0.25) is 0 Å². The molecule has 10 heteroatoms. The zero-order chi connectivity index (χ0) is 35.2. The molecule has 0 saturated carbocycles. The van der Waals surface area contributed by atoms with Crippen LogP contribution < -0.4 is 11.5 Å². The first-order valence-corrected chi connectivity index (χ1v) is 19.6. The largest absolute Gasteiger partial charge is 0.496 e. The topological polar surface area (TPSA) is 129 Å². The third-order valence-electron chi connectivity index (χ3n) is 10.1. The summed E-state index contributed by atoms with van der Waals surface area (Å²) in [7, 11) is 0. The van der Waals surface area contributed by atoms with E-state index in [1.165, 1.54) is 0 Å². The molecule has 0 radical (unpaired) electrons. The first kappa shape index (κ1) is 42.3. The van der Waals surface area contributed by atoms with Gasteiger partial charge in [0.25, 0.3) is 0 Å². The van der Waals surface area contributed by atoms with Crippen LogP contribution in [0.2, 0.25) is 0 Å². The van der Waals surface area contributed by atoms with Gasteiger partial charge in [-0.25, -0.2) is 0 Å². The predicted octanol–water partition coefficient (Wildman–Crippen LogP) is 6.38. The molecule has 2 fully saturated rings. The zero-order valence-electron chi connectivity index (χ0n) is 31.5. The second kappa shape index (κ2) is 24.2. The molecule has 0 aromatic rings. The van der Waals surface area contributed by atoms with E-state index in [1.807, 2.05) is 12.2 Å². The van der Waals surface area contributed by atoms with Gasteiger partial charge in [0.15, 0.2) is 0 Å². The molecule has 2 saturated heterocycles. The molecule has 49 heavy (non-hydrogen) atoms. The van der Waals surface area contributed by atoms with Crippen LogP contribution in [0.3, 0.4) is 0 Å². The van der Waals surface area contributed by atoms with Crippen LogP contribution in [0.15, 0.2) is 24.0 Å². The Morgan fingerprint density at radius 1 is 0.776 bits per heavy atom. The second-order valence-electron chi connectivity index (χ2n) is 14.6. The number of hydrogen-bond acceptors (Lipinski definition) is 10. The van der Waals surface area contributed by atoms with Crippen molar-refractivity contribution in [2.45, 2.75) is 159 Å². The molecule has 2 heterocycles. The minimum atomic E-state index is -0.210. The Morgan fingerprint density at radius 3 is 2.08 bits per heavy atom. The van der Waals surface area contributed by atoms with Gasteiger partial charge in [-0.3, -0.25) is 0 Å². The maximum absolute atomic E-state index is 6.58. The molecule has 4 N–H and O–H groups in total. The molecular weight excluding hydrogens is 624 g/mol. The van der Waals surface area contributed by atoms with Gasteiger partial charge < -0.3 is 49.4 Å². The third kappa shape index (κ3) is 18.3. The van der Waals surface area contributed by atoms with Crippen molar-refractivity contribution in [3.63, 3.8) is 0 Å². The maximum atomic E-state index is 6.58. The Kier molecular flexibility index (Phi) is 20.9. The number of ether oxygens (including phenoxy) is 8. The van der Waals surface area contributed by atoms with E-state index in [2.05, 4.69) is 33.8 Å². The molecule has 10 nitrogen and oxygen atoms in total. The zero-order valence-corrected chi connectivity index (χ0v) is 31.5. The molecule has 5 unspecified atom stereocenters. The highest BCUT2D eigenvalue weighted by molar-refractivity contribution is 5.17. The molecule has 3 rings (SSSR count). The third-order valence-corrected chi connectivity index (χ3v) is 10.1. The van der Waals surface area contributed by atoms with Gasteiger partial charge in [0, 0.05) is 45.3 Å². The lowest BCUT2D eigenvalue weighted by atomic mass is 9.89. The van der Waals surface area contributed by atoms with Crippen molar-refractivity contribution in [2.75, 3.05) is 66.1 Å². The molecule has 2 aliphatic heterocycles. The number of allylic oxidation sites excluding steroid dienone is 2. The monoisotopic (exact) mass is 697 g/mol. The smallest absolute Gasteiger partial charge is 0.104 e. The normalized spacial score (nSPS) is 22.0. The number of nitrogens with two attached hydrogens (primary N) is 2. The summed E-state index contributed by atoms with van der Waals surface area (Å²) in [5.41, 5.74) is 12.6. The maximum Gasteiger partial charge on any atom is 0.104 e. The Balaban J connectivity index is 1.17. The van der Waals surface area contributed by atoms with E-state index in [-0.39, 0.29) is 29.4 Å². The number of unbranched alkanes of at least 4 members (excludes halogenated alkanes) is 6. The van der Waals surface area contributed by atoms with Crippen LogP contribution in [0.5, 0.6) is 0 Å². The fourth-order valence-electron chi connectivity index (χ4n) is 6.28.